The number of H-pyrrole nitrogens is 1. The van der Waals surface area contributed by atoms with E-state index < -0.39 is 4.92 Å². The highest BCUT2D eigenvalue weighted by Crippen LogP contribution is 2.41. The van der Waals surface area contributed by atoms with E-state index in [2.05, 4.69) is 25.9 Å². The fourth-order valence-electron chi connectivity index (χ4n) is 4.00. The van der Waals surface area contributed by atoms with E-state index in [0.29, 0.717) is 45.8 Å². The third-order valence-corrected chi connectivity index (χ3v) is 5.62. The number of amidine groups is 1. The molecule has 0 saturated carbocycles. The highest BCUT2D eigenvalue weighted by molar-refractivity contribution is 5.98. The van der Waals surface area contributed by atoms with Gasteiger partial charge in [-0.15, -0.1) is 10.2 Å². The largest absolute Gasteiger partial charge is 0.507 e. The highest BCUT2D eigenvalue weighted by Gasteiger charge is 2.27. The molecule has 0 radical (unpaired) electrons. The van der Waals surface area contributed by atoms with Crippen LogP contribution in [0.25, 0.3) is 28.2 Å². The van der Waals surface area contributed by atoms with Crippen LogP contribution in [-0.2, 0) is 0 Å². The Morgan fingerprint density at radius 3 is 2.76 bits per heavy atom. The molecule has 6 N–H and O–H groups in total. The lowest BCUT2D eigenvalue weighted by atomic mass is 9.95. The number of hydrogen-bond acceptors (Lipinski definition) is 8. The van der Waals surface area contributed by atoms with E-state index in [9.17, 15) is 15.2 Å². The first kappa shape index (κ1) is 20.1. The number of nitro groups is 1. The number of aromatic amines is 1. The van der Waals surface area contributed by atoms with E-state index in [-0.39, 0.29) is 23.3 Å². The van der Waals surface area contributed by atoms with Crippen molar-refractivity contribution in [3.63, 3.8) is 0 Å². The van der Waals surface area contributed by atoms with Crippen molar-refractivity contribution < 1.29 is 10.0 Å². The van der Waals surface area contributed by atoms with Crippen molar-refractivity contribution in [2.24, 2.45) is 5.73 Å². The SMILES string of the molecule is N=C(N)C1=CCC2NC(c3cc(-c4nn[nH]n4)cc(-c4cccc([N+](=O)[O-])c4)c3O)=CC2=C1. The smallest absolute Gasteiger partial charge is 0.270 e. The summed E-state index contributed by atoms with van der Waals surface area (Å²) in [4.78, 5) is 10.8. The van der Waals surface area contributed by atoms with Gasteiger partial charge in [-0.2, -0.15) is 5.21 Å². The number of nitrogens with two attached hydrogens (primary N) is 1. The lowest BCUT2D eigenvalue weighted by molar-refractivity contribution is -0.384. The van der Waals surface area contributed by atoms with Gasteiger partial charge in [-0.25, -0.2) is 0 Å². The Morgan fingerprint density at radius 1 is 1.21 bits per heavy atom. The Balaban J connectivity index is 1.66. The number of nitrogens with zero attached hydrogens (tertiary/aromatic N) is 4. The molecule has 1 unspecified atom stereocenters. The Labute approximate surface area is 187 Å². The van der Waals surface area contributed by atoms with Crippen molar-refractivity contribution in [3.05, 3.63) is 81.5 Å². The fraction of sp³-hybridized carbons (Fsp3) is 0.0909. The minimum absolute atomic E-state index is 0.00212. The van der Waals surface area contributed by atoms with Crippen LogP contribution in [0.3, 0.4) is 0 Å². The van der Waals surface area contributed by atoms with Crippen molar-refractivity contribution in [2.45, 2.75) is 12.5 Å². The van der Waals surface area contributed by atoms with Crippen molar-refractivity contribution in [1.82, 2.24) is 25.9 Å². The predicted octanol–water partition coefficient (Wildman–Crippen LogP) is 2.65. The van der Waals surface area contributed by atoms with Gasteiger partial charge < -0.3 is 16.2 Å². The summed E-state index contributed by atoms with van der Waals surface area (Å²) < 4.78 is 0. The molecule has 33 heavy (non-hydrogen) atoms. The molecule has 0 bridgehead atoms. The van der Waals surface area contributed by atoms with Crippen LogP contribution in [0.2, 0.25) is 0 Å². The van der Waals surface area contributed by atoms with Gasteiger partial charge in [0.25, 0.3) is 5.69 Å². The van der Waals surface area contributed by atoms with Gasteiger partial charge in [0.1, 0.15) is 11.6 Å². The molecule has 0 amide bonds. The summed E-state index contributed by atoms with van der Waals surface area (Å²) in [5.74, 6) is 0.275. The Kier molecular flexibility index (Phi) is 4.70. The van der Waals surface area contributed by atoms with Crippen LogP contribution in [0.5, 0.6) is 5.75 Å². The van der Waals surface area contributed by atoms with Gasteiger partial charge in [0.15, 0.2) is 0 Å². The number of nitrogens with one attached hydrogen (secondary N) is 3. The Morgan fingerprint density at radius 2 is 2.03 bits per heavy atom. The number of phenolic OH excluding ortho intramolecular Hbond substituents is 1. The number of tetrazole rings is 1. The maximum absolute atomic E-state index is 11.3. The van der Waals surface area contributed by atoms with Gasteiger partial charge in [0, 0.05) is 40.1 Å². The van der Waals surface area contributed by atoms with E-state index in [1.807, 2.05) is 18.2 Å². The molecule has 11 nitrogen and oxygen atoms in total. The molecular weight excluding hydrogens is 424 g/mol. The number of rotatable bonds is 5. The molecule has 0 saturated heterocycles. The van der Waals surface area contributed by atoms with Gasteiger partial charge in [0.05, 0.1) is 11.0 Å². The van der Waals surface area contributed by atoms with Crippen LogP contribution < -0.4 is 11.1 Å². The van der Waals surface area contributed by atoms with Crippen LogP contribution in [0.15, 0.2) is 65.8 Å². The molecule has 1 atom stereocenters. The van der Waals surface area contributed by atoms with Crippen molar-refractivity contribution in [2.75, 3.05) is 0 Å². The van der Waals surface area contributed by atoms with Gasteiger partial charge >= 0.3 is 0 Å². The summed E-state index contributed by atoms with van der Waals surface area (Å²) in [5, 5.41) is 47.7. The zero-order valence-corrected chi connectivity index (χ0v) is 17.1. The number of hydrogen-bond donors (Lipinski definition) is 5. The quantitative estimate of drug-likeness (QED) is 0.173. The normalized spacial score (nSPS) is 16.8. The average molecular weight is 442 g/mol. The second-order valence-corrected chi connectivity index (χ2v) is 7.67. The van der Waals surface area contributed by atoms with Gasteiger partial charge in [-0.05, 0) is 47.1 Å². The van der Waals surface area contributed by atoms with E-state index in [4.69, 9.17) is 11.1 Å². The van der Waals surface area contributed by atoms with Crippen LogP contribution in [0, 0.1) is 15.5 Å². The molecule has 164 valence electrons. The summed E-state index contributed by atoms with van der Waals surface area (Å²) in [5.41, 5.74) is 9.74. The molecule has 2 aliphatic rings. The summed E-state index contributed by atoms with van der Waals surface area (Å²) in [7, 11) is 0. The van der Waals surface area contributed by atoms with Crippen molar-refractivity contribution >= 4 is 17.2 Å². The summed E-state index contributed by atoms with van der Waals surface area (Å²) in [6.45, 7) is 0. The predicted molar refractivity (Wildman–Crippen MR) is 121 cm³/mol. The topological polar surface area (TPSA) is 180 Å². The molecule has 1 aliphatic carbocycles. The third-order valence-electron chi connectivity index (χ3n) is 5.62. The zero-order valence-electron chi connectivity index (χ0n) is 17.1. The standard InChI is InChI=1S/C22H18N8O3/c23-21(24)12-4-5-18-13(6-12)10-19(25-18)17-9-14(22-26-28-29-27-22)8-16(20(17)31)11-2-1-3-15(7-11)30(32)33/h1-4,6-10,18,25,31H,5H2,(H3,23,24)(H,26,27,28,29). The van der Waals surface area contributed by atoms with E-state index in [1.165, 1.54) is 12.1 Å². The monoisotopic (exact) mass is 442 g/mol. The number of nitro benzene ring substituents is 1. The molecule has 0 spiro atoms. The molecule has 2 heterocycles. The molecule has 11 heteroatoms. The highest BCUT2D eigenvalue weighted by atomic mass is 16.6. The average Bonchev–Trinajstić information content (AvgIpc) is 3.49. The fourth-order valence-corrected chi connectivity index (χ4v) is 4.00. The maximum Gasteiger partial charge on any atom is 0.270 e. The Bertz CT molecular complexity index is 1390. The zero-order chi connectivity index (χ0) is 23.1. The molecule has 1 aromatic heterocycles. The van der Waals surface area contributed by atoms with E-state index >= 15 is 0 Å². The van der Waals surface area contributed by atoms with Crippen molar-refractivity contribution in [1.29, 1.82) is 5.41 Å². The summed E-state index contributed by atoms with van der Waals surface area (Å²) in [6.07, 6.45) is 6.28. The minimum Gasteiger partial charge on any atom is -0.507 e. The van der Waals surface area contributed by atoms with E-state index in [1.54, 1.807) is 24.3 Å². The number of benzene rings is 2. The Hall–Kier alpha value is -4.80. The van der Waals surface area contributed by atoms with Crippen LogP contribution in [0.4, 0.5) is 5.69 Å². The second kappa shape index (κ2) is 7.71. The molecule has 0 fully saturated rings. The van der Waals surface area contributed by atoms with Gasteiger partial charge in [-0.1, -0.05) is 18.2 Å². The molecule has 5 rings (SSSR count). The number of non-ortho nitro benzene ring substituents is 1. The van der Waals surface area contributed by atoms with Crippen molar-refractivity contribution in [3.8, 4) is 28.3 Å². The van der Waals surface area contributed by atoms with Crippen LogP contribution in [-0.4, -0.2) is 42.5 Å². The first-order valence-corrected chi connectivity index (χ1v) is 10.0. The molecule has 3 aromatic rings. The maximum atomic E-state index is 11.3. The second-order valence-electron chi connectivity index (χ2n) is 7.67. The third kappa shape index (κ3) is 3.61. The summed E-state index contributed by atoms with van der Waals surface area (Å²) in [6, 6.07) is 9.43. The van der Waals surface area contributed by atoms with Crippen LogP contribution >= 0.6 is 0 Å². The molecular formula is C22H18N8O3. The number of aromatic nitrogens is 4. The number of aromatic hydroxyl groups is 1. The number of phenols is 1. The van der Waals surface area contributed by atoms with E-state index in [0.717, 1.165) is 5.57 Å². The number of fused-ring (bicyclic) bond motifs is 1. The minimum atomic E-state index is -0.484. The summed E-state index contributed by atoms with van der Waals surface area (Å²) >= 11 is 0. The first-order valence-electron chi connectivity index (χ1n) is 10.0. The van der Waals surface area contributed by atoms with Crippen LogP contribution in [0.1, 0.15) is 12.0 Å². The molecule has 2 aromatic carbocycles. The molecule has 1 aliphatic heterocycles. The lowest BCUT2D eigenvalue weighted by Gasteiger charge is -2.19. The lowest BCUT2D eigenvalue weighted by Crippen LogP contribution is -2.26. The first-order chi connectivity index (χ1) is 15.9. The van der Waals surface area contributed by atoms with Gasteiger partial charge in [-0.3, -0.25) is 15.5 Å². The van der Waals surface area contributed by atoms with Gasteiger partial charge in [0.2, 0.25) is 5.82 Å².